The number of rotatable bonds is 4. The van der Waals surface area contributed by atoms with Crippen LogP contribution in [0.4, 0.5) is 5.69 Å². The smallest absolute Gasteiger partial charge is 0.269 e. The minimum Gasteiger partial charge on any atom is -0.395 e. The van der Waals surface area contributed by atoms with Crippen molar-refractivity contribution in [2.24, 2.45) is 0 Å². The average Bonchev–Trinajstić information content (AvgIpc) is 2.97. The Balaban J connectivity index is 1.83. The first kappa shape index (κ1) is 17.8. The molecule has 0 spiro atoms. The molecule has 0 saturated carbocycles. The van der Waals surface area contributed by atoms with Gasteiger partial charge in [0, 0.05) is 22.3 Å². The summed E-state index contributed by atoms with van der Waals surface area (Å²) in [4.78, 5) is 14.7. The van der Waals surface area contributed by atoms with Crippen molar-refractivity contribution in [3.8, 4) is 0 Å². The Morgan fingerprint density at radius 3 is 2.52 bits per heavy atom. The summed E-state index contributed by atoms with van der Waals surface area (Å²) < 4.78 is 0.943. The Kier molecular flexibility index (Phi) is 5.65. The molecule has 0 aliphatic rings. The lowest BCUT2D eigenvalue weighted by molar-refractivity contribution is 0.0981. The maximum absolute atomic E-state index is 12.6. The third-order valence-electron chi connectivity index (χ3n) is 3.60. The maximum Gasteiger partial charge on any atom is 0.269 e. The van der Waals surface area contributed by atoms with E-state index in [9.17, 15) is 9.90 Å². The number of amides is 1. The van der Waals surface area contributed by atoms with Gasteiger partial charge in [0.15, 0.2) is 5.11 Å². The molecule has 2 N–H and O–H groups in total. The number of carbonyl (C=O) groups is 1. The number of para-hydroxylation sites is 1. The molecule has 0 atom stereocenters. The van der Waals surface area contributed by atoms with E-state index >= 15 is 0 Å². The van der Waals surface area contributed by atoms with Crippen LogP contribution in [0, 0.1) is 0 Å². The topological polar surface area (TPSA) is 52.6 Å². The van der Waals surface area contributed by atoms with Crippen LogP contribution >= 0.6 is 35.2 Å². The number of anilines is 1. The molecule has 0 saturated heterocycles. The van der Waals surface area contributed by atoms with Crippen LogP contribution in [0.5, 0.6) is 0 Å². The highest BCUT2D eigenvalue weighted by atomic mass is 35.5. The molecule has 1 heterocycles. The molecule has 1 amide bonds. The number of thiophene rings is 1. The molecule has 0 unspecified atom stereocenters. The van der Waals surface area contributed by atoms with E-state index in [0.29, 0.717) is 9.90 Å². The molecule has 25 heavy (non-hydrogen) atoms. The first-order valence-electron chi connectivity index (χ1n) is 7.57. The minimum absolute atomic E-state index is 0.0887. The van der Waals surface area contributed by atoms with Crippen molar-refractivity contribution in [3.63, 3.8) is 0 Å². The van der Waals surface area contributed by atoms with Gasteiger partial charge in [-0.15, -0.1) is 11.3 Å². The maximum atomic E-state index is 12.6. The Morgan fingerprint density at radius 2 is 1.84 bits per heavy atom. The highest BCUT2D eigenvalue weighted by Gasteiger charge is 2.20. The van der Waals surface area contributed by atoms with Gasteiger partial charge in [0.25, 0.3) is 5.91 Å². The fraction of sp³-hybridized carbons (Fsp3) is 0.111. The second-order valence-electron chi connectivity index (χ2n) is 5.21. The zero-order chi connectivity index (χ0) is 17.8. The van der Waals surface area contributed by atoms with Crippen molar-refractivity contribution in [1.29, 1.82) is 0 Å². The molecule has 3 aromatic rings. The Bertz CT molecular complexity index is 912. The number of nitrogens with one attached hydrogen (secondary N) is 1. The number of hydrogen-bond acceptors (Lipinski definition) is 4. The molecule has 0 radical (unpaired) electrons. The van der Waals surface area contributed by atoms with Crippen molar-refractivity contribution in [2.75, 3.05) is 18.1 Å². The number of aliphatic hydroxyl groups is 1. The second kappa shape index (κ2) is 7.93. The normalized spacial score (nSPS) is 10.6. The summed E-state index contributed by atoms with van der Waals surface area (Å²) in [6, 6.07) is 16.9. The average molecular weight is 391 g/mol. The van der Waals surface area contributed by atoms with E-state index in [-0.39, 0.29) is 24.2 Å². The molecule has 7 heteroatoms. The van der Waals surface area contributed by atoms with E-state index in [1.165, 1.54) is 11.3 Å². The molecule has 128 valence electrons. The molecule has 0 bridgehead atoms. The zero-order valence-electron chi connectivity index (χ0n) is 13.1. The third kappa shape index (κ3) is 3.82. The number of halogens is 1. The fourth-order valence-corrected chi connectivity index (χ4v) is 4.14. The number of thiocarbonyl (C=S) groups is 1. The lowest BCUT2D eigenvalue weighted by atomic mass is 10.2. The van der Waals surface area contributed by atoms with Gasteiger partial charge in [0.1, 0.15) is 4.88 Å². The largest absolute Gasteiger partial charge is 0.395 e. The number of aliphatic hydroxyl groups excluding tert-OH is 1. The van der Waals surface area contributed by atoms with Crippen LogP contribution in [0.15, 0.2) is 54.6 Å². The molecule has 0 aliphatic heterocycles. The summed E-state index contributed by atoms with van der Waals surface area (Å²) >= 11 is 13.0. The number of hydrogen-bond donors (Lipinski definition) is 2. The van der Waals surface area contributed by atoms with Crippen molar-refractivity contribution < 1.29 is 9.90 Å². The molecule has 0 aliphatic carbocycles. The number of benzene rings is 2. The van der Waals surface area contributed by atoms with Crippen LogP contribution in [0.2, 0.25) is 5.02 Å². The predicted octanol–water partition coefficient (Wildman–Crippen LogP) is 4.07. The van der Waals surface area contributed by atoms with Gasteiger partial charge in [-0.1, -0.05) is 48.0 Å². The molecule has 3 rings (SSSR count). The zero-order valence-corrected chi connectivity index (χ0v) is 15.5. The summed E-state index contributed by atoms with van der Waals surface area (Å²) in [5.74, 6) is -0.352. The molecular weight excluding hydrogens is 376 g/mol. The van der Waals surface area contributed by atoms with Crippen molar-refractivity contribution in [3.05, 3.63) is 64.5 Å². The Hall–Kier alpha value is -1.99. The number of carbonyl (C=O) groups excluding carboxylic acids is 1. The van der Waals surface area contributed by atoms with Gasteiger partial charge >= 0.3 is 0 Å². The predicted molar refractivity (Wildman–Crippen MR) is 108 cm³/mol. The van der Waals surface area contributed by atoms with E-state index in [4.69, 9.17) is 23.8 Å². The Labute approximate surface area is 159 Å². The van der Waals surface area contributed by atoms with Crippen molar-refractivity contribution in [1.82, 2.24) is 5.32 Å². The fourth-order valence-electron chi connectivity index (χ4n) is 2.44. The minimum atomic E-state index is -0.352. The van der Waals surface area contributed by atoms with E-state index in [2.05, 4.69) is 5.32 Å². The van der Waals surface area contributed by atoms with Crippen LogP contribution in [-0.2, 0) is 0 Å². The van der Waals surface area contributed by atoms with Crippen LogP contribution in [0.25, 0.3) is 10.1 Å². The van der Waals surface area contributed by atoms with E-state index in [1.807, 2.05) is 54.6 Å². The summed E-state index contributed by atoms with van der Waals surface area (Å²) in [5, 5.41) is 13.5. The summed E-state index contributed by atoms with van der Waals surface area (Å²) in [7, 11) is 0. The van der Waals surface area contributed by atoms with Gasteiger partial charge in [-0.3, -0.25) is 10.1 Å². The van der Waals surface area contributed by atoms with Crippen LogP contribution < -0.4 is 10.2 Å². The van der Waals surface area contributed by atoms with E-state index < -0.39 is 0 Å². The van der Waals surface area contributed by atoms with Gasteiger partial charge in [-0.25, -0.2) is 0 Å². The van der Waals surface area contributed by atoms with Crippen molar-refractivity contribution >= 4 is 61.9 Å². The number of fused-ring (bicyclic) bond motifs is 1. The molecule has 1 aromatic heterocycles. The van der Waals surface area contributed by atoms with Gasteiger partial charge in [-0.05, 0) is 30.4 Å². The van der Waals surface area contributed by atoms with Gasteiger partial charge in [-0.2, -0.15) is 0 Å². The Morgan fingerprint density at radius 1 is 1.16 bits per heavy atom. The first-order valence-corrected chi connectivity index (χ1v) is 9.18. The monoisotopic (exact) mass is 390 g/mol. The molecule has 2 aromatic carbocycles. The highest BCUT2D eigenvalue weighted by Crippen LogP contribution is 2.35. The van der Waals surface area contributed by atoms with Gasteiger partial charge in [0.2, 0.25) is 0 Å². The first-order chi connectivity index (χ1) is 12.1. The summed E-state index contributed by atoms with van der Waals surface area (Å²) in [6.07, 6.45) is 0. The molecular formula is C18H15ClN2O2S2. The van der Waals surface area contributed by atoms with Crippen LogP contribution in [0.1, 0.15) is 9.67 Å². The van der Waals surface area contributed by atoms with Crippen LogP contribution in [0.3, 0.4) is 0 Å². The third-order valence-corrected chi connectivity index (χ3v) is 5.59. The number of nitrogens with zero attached hydrogens (tertiary/aromatic N) is 1. The highest BCUT2D eigenvalue weighted by molar-refractivity contribution is 7.80. The van der Waals surface area contributed by atoms with E-state index in [1.54, 1.807) is 4.90 Å². The molecule has 4 nitrogen and oxygen atoms in total. The van der Waals surface area contributed by atoms with Crippen LogP contribution in [-0.4, -0.2) is 29.3 Å². The van der Waals surface area contributed by atoms with E-state index in [0.717, 1.165) is 15.8 Å². The standard InChI is InChI=1S/C18H15ClN2O2S2/c19-15-13-8-4-5-9-14(13)25-16(15)17(23)20-18(24)21(10-11-22)12-6-2-1-3-7-12/h1-9,22H,10-11H2,(H,20,23,24). The quantitative estimate of drug-likeness (QED) is 0.659. The van der Waals surface area contributed by atoms with Crippen molar-refractivity contribution in [2.45, 2.75) is 0 Å². The van der Waals surface area contributed by atoms with Gasteiger partial charge < -0.3 is 10.0 Å². The second-order valence-corrected chi connectivity index (χ2v) is 7.03. The lowest BCUT2D eigenvalue weighted by Gasteiger charge is -2.24. The summed E-state index contributed by atoms with van der Waals surface area (Å²) in [6.45, 7) is 0.192. The lowest BCUT2D eigenvalue weighted by Crippen LogP contribution is -2.44. The SMILES string of the molecule is O=C(NC(=S)N(CCO)c1ccccc1)c1sc2ccccc2c1Cl. The van der Waals surface area contributed by atoms with Gasteiger partial charge in [0.05, 0.1) is 11.6 Å². The summed E-state index contributed by atoms with van der Waals surface area (Å²) in [5.41, 5.74) is 0.796. The molecule has 0 fully saturated rings.